The van der Waals surface area contributed by atoms with Crippen molar-refractivity contribution in [1.29, 1.82) is 0 Å². The predicted molar refractivity (Wildman–Crippen MR) is 70.6 cm³/mol. The monoisotopic (exact) mass is 250 g/mol. The van der Waals surface area contributed by atoms with E-state index >= 15 is 0 Å². The molecule has 1 aromatic carbocycles. The fraction of sp³-hybridized carbons (Fsp3) is 0.600. The van der Waals surface area contributed by atoms with Crippen molar-refractivity contribution in [3.05, 3.63) is 35.4 Å². The number of aliphatic hydroxyl groups excluding tert-OH is 1. The van der Waals surface area contributed by atoms with Crippen molar-refractivity contribution in [2.45, 2.75) is 44.5 Å². The summed E-state index contributed by atoms with van der Waals surface area (Å²) in [6, 6.07) is 8.10. The van der Waals surface area contributed by atoms with Crippen LogP contribution < -0.4 is 0 Å². The van der Waals surface area contributed by atoms with E-state index in [2.05, 4.69) is 6.07 Å². The molecule has 0 spiro atoms. The lowest BCUT2D eigenvalue weighted by Gasteiger charge is -2.25. The Morgan fingerprint density at radius 3 is 2.94 bits per heavy atom. The second-order valence-corrected chi connectivity index (χ2v) is 4.98. The molecular formula is C15H22O3. The van der Waals surface area contributed by atoms with Crippen molar-refractivity contribution in [3.8, 4) is 0 Å². The number of rotatable bonds is 4. The van der Waals surface area contributed by atoms with Gasteiger partial charge in [0.2, 0.25) is 0 Å². The summed E-state index contributed by atoms with van der Waals surface area (Å²) < 4.78 is 11.0. The summed E-state index contributed by atoms with van der Waals surface area (Å²) in [5, 5.41) is 10.5. The summed E-state index contributed by atoms with van der Waals surface area (Å²) in [5.74, 6) is 0. The third-order valence-corrected chi connectivity index (χ3v) is 3.47. The quantitative estimate of drug-likeness (QED) is 0.834. The molecule has 1 N–H and O–H groups in total. The van der Waals surface area contributed by atoms with Crippen molar-refractivity contribution in [2.24, 2.45) is 0 Å². The highest BCUT2D eigenvalue weighted by Gasteiger charge is 2.27. The van der Waals surface area contributed by atoms with Gasteiger partial charge in [-0.25, -0.2) is 0 Å². The molecule has 3 unspecified atom stereocenters. The van der Waals surface area contributed by atoms with E-state index in [1.165, 1.54) is 5.56 Å². The zero-order valence-electron chi connectivity index (χ0n) is 11.1. The molecule has 0 bridgehead atoms. The van der Waals surface area contributed by atoms with Crippen LogP contribution in [0.5, 0.6) is 0 Å². The standard InChI is InChI=1S/C15H22O3/c1-11(10-17-2)18-14-9-5-7-12-6-3-4-8-13(12)15(14)16/h3-4,6,8,11,14-16H,5,7,9-10H2,1-2H3. The van der Waals surface area contributed by atoms with Gasteiger partial charge in [0.1, 0.15) is 6.10 Å². The summed E-state index contributed by atoms with van der Waals surface area (Å²) in [5.41, 5.74) is 2.26. The topological polar surface area (TPSA) is 38.7 Å². The lowest BCUT2D eigenvalue weighted by Crippen LogP contribution is -2.28. The molecule has 3 heteroatoms. The molecule has 0 saturated heterocycles. The first-order valence-electron chi connectivity index (χ1n) is 6.62. The highest BCUT2D eigenvalue weighted by atomic mass is 16.5. The number of aryl methyl sites for hydroxylation is 1. The SMILES string of the molecule is COCC(C)OC1CCCc2ccccc2C1O. The third-order valence-electron chi connectivity index (χ3n) is 3.47. The van der Waals surface area contributed by atoms with Crippen molar-refractivity contribution < 1.29 is 14.6 Å². The molecule has 0 saturated carbocycles. The zero-order chi connectivity index (χ0) is 13.0. The normalized spacial score (nSPS) is 25.3. The smallest absolute Gasteiger partial charge is 0.105 e. The van der Waals surface area contributed by atoms with Crippen LogP contribution in [0.25, 0.3) is 0 Å². The zero-order valence-corrected chi connectivity index (χ0v) is 11.1. The lowest BCUT2D eigenvalue weighted by molar-refractivity contribution is -0.0932. The van der Waals surface area contributed by atoms with Gasteiger partial charge in [-0.3, -0.25) is 0 Å². The van der Waals surface area contributed by atoms with Crippen LogP contribution in [-0.2, 0) is 15.9 Å². The minimum Gasteiger partial charge on any atom is -0.386 e. The van der Waals surface area contributed by atoms with E-state index in [4.69, 9.17) is 9.47 Å². The number of fused-ring (bicyclic) bond motifs is 1. The first-order valence-corrected chi connectivity index (χ1v) is 6.62. The van der Waals surface area contributed by atoms with E-state index < -0.39 is 6.10 Å². The number of benzene rings is 1. The van der Waals surface area contributed by atoms with Crippen LogP contribution in [0, 0.1) is 0 Å². The van der Waals surface area contributed by atoms with Crippen molar-refractivity contribution in [1.82, 2.24) is 0 Å². The number of hydrogen-bond acceptors (Lipinski definition) is 3. The molecule has 1 aliphatic carbocycles. The van der Waals surface area contributed by atoms with Gasteiger partial charge in [0, 0.05) is 7.11 Å². The molecule has 100 valence electrons. The summed E-state index contributed by atoms with van der Waals surface area (Å²) in [6.07, 6.45) is 2.33. The van der Waals surface area contributed by atoms with Gasteiger partial charge >= 0.3 is 0 Å². The lowest BCUT2D eigenvalue weighted by atomic mass is 10.0. The van der Waals surface area contributed by atoms with E-state index in [9.17, 15) is 5.11 Å². The molecule has 1 aliphatic rings. The van der Waals surface area contributed by atoms with Crippen LogP contribution in [0.15, 0.2) is 24.3 Å². The Morgan fingerprint density at radius 1 is 1.39 bits per heavy atom. The maximum atomic E-state index is 10.5. The van der Waals surface area contributed by atoms with E-state index in [1.807, 2.05) is 25.1 Å². The van der Waals surface area contributed by atoms with Gasteiger partial charge in [-0.05, 0) is 37.3 Å². The fourth-order valence-corrected chi connectivity index (χ4v) is 2.62. The Hall–Kier alpha value is -0.900. The van der Waals surface area contributed by atoms with Gasteiger partial charge in [-0.1, -0.05) is 24.3 Å². The average Bonchev–Trinajstić information content (AvgIpc) is 2.51. The van der Waals surface area contributed by atoms with Gasteiger partial charge in [0.05, 0.1) is 18.8 Å². The van der Waals surface area contributed by atoms with Crippen LogP contribution >= 0.6 is 0 Å². The molecular weight excluding hydrogens is 228 g/mol. The van der Waals surface area contributed by atoms with Gasteiger partial charge in [-0.2, -0.15) is 0 Å². The molecule has 0 radical (unpaired) electrons. The molecule has 0 aromatic heterocycles. The van der Waals surface area contributed by atoms with Crippen LogP contribution in [0.4, 0.5) is 0 Å². The minimum atomic E-state index is -0.525. The van der Waals surface area contributed by atoms with E-state index in [0.717, 1.165) is 24.8 Å². The molecule has 1 aromatic rings. The van der Waals surface area contributed by atoms with Crippen molar-refractivity contribution in [2.75, 3.05) is 13.7 Å². The summed E-state index contributed by atoms with van der Waals surface area (Å²) in [6.45, 7) is 2.54. The summed E-state index contributed by atoms with van der Waals surface area (Å²) in [4.78, 5) is 0. The van der Waals surface area contributed by atoms with Gasteiger partial charge in [0.25, 0.3) is 0 Å². The first kappa shape index (κ1) is 13.5. The predicted octanol–water partition coefficient (Wildman–Crippen LogP) is 2.48. The number of ether oxygens (including phenoxy) is 2. The number of methoxy groups -OCH3 is 1. The van der Waals surface area contributed by atoms with E-state index in [1.54, 1.807) is 7.11 Å². The highest BCUT2D eigenvalue weighted by molar-refractivity contribution is 5.30. The minimum absolute atomic E-state index is 0.0138. The summed E-state index contributed by atoms with van der Waals surface area (Å²) >= 11 is 0. The molecule has 0 aliphatic heterocycles. The molecule has 0 amide bonds. The Morgan fingerprint density at radius 2 is 2.17 bits per heavy atom. The molecule has 3 atom stereocenters. The van der Waals surface area contributed by atoms with E-state index in [-0.39, 0.29) is 12.2 Å². The van der Waals surface area contributed by atoms with Gasteiger partial charge in [-0.15, -0.1) is 0 Å². The molecule has 0 fully saturated rings. The Kier molecular flexibility index (Phi) is 4.75. The molecule has 18 heavy (non-hydrogen) atoms. The average molecular weight is 250 g/mol. The molecule has 3 nitrogen and oxygen atoms in total. The Labute approximate surface area is 109 Å². The van der Waals surface area contributed by atoms with Crippen LogP contribution in [0.3, 0.4) is 0 Å². The van der Waals surface area contributed by atoms with Gasteiger partial charge in [0.15, 0.2) is 0 Å². The highest BCUT2D eigenvalue weighted by Crippen LogP contribution is 2.31. The Balaban J connectivity index is 2.10. The van der Waals surface area contributed by atoms with Crippen molar-refractivity contribution in [3.63, 3.8) is 0 Å². The van der Waals surface area contributed by atoms with Crippen molar-refractivity contribution >= 4 is 0 Å². The van der Waals surface area contributed by atoms with E-state index in [0.29, 0.717) is 6.61 Å². The molecule has 0 heterocycles. The fourth-order valence-electron chi connectivity index (χ4n) is 2.62. The van der Waals surface area contributed by atoms with Crippen LogP contribution in [0.1, 0.15) is 37.0 Å². The third kappa shape index (κ3) is 3.10. The maximum absolute atomic E-state index is 10.5. The maximum Gasteiger partial charge on any atom is 0.105 e. The number of hydrogen-bond donors (Lipinski definition) is 1. The van der Waals surface area contributed by atoms with Crippen LogP contribution in [0.2, 0.25) is 0 Å². The summed E-state index contributed by atoms with van der Waals surface area (Å²) in [7, 11) is 1.67. The first-order chi connectivity index (χ1) is 8.72. The second kappa shape index (κ2) is 6.32. The largest absolute Gasteiger partial charge is 0.386 e. The molecule has 2 rings (SSSR count). The number of aliphatic hydroxyl groups is 1. The van der Waals surface area contributed by atoms with Crippen LogP contribution in [-0.4, -0.2) is 31.0 Å². The Bertz CT molecular complexity index is 378. The second-order valence-electron chi connectivity index (χ2n) is 4.98. The van der Waals surface area contributed by atoms with Gasteiger partial charge < -0.3 is 14.6 Å².